The number of primary amides is 1. The standard InChI is InChI=1S/C14H10ClFN4O/c15-10-5-6-12(19-11(10)7-17)20-13(14(18)21)8-1-3-9(16)4-2-8/h1-6,13H,(H2,18,21)(H,19,20). The van der Waals surface area contributed by atoms with E-state index in [0.717, 1.165) is 0 Å². The number of hydrogen-bond acceptors (Lipinski definition) is 4. The Morgan fingerprint density at radius 3 is 2.57 bits per heavy atom. The Labute approximate surface area is 125 Å². The average Bonchev–Trinajstić information content (AvgIpc) is 2.47. The first-order valence-electron chi connectivity index (χ1n) is 5.89. The third kappa shape index (κ3) is 3.46. The van der Waals surface area contributed by atoms with Gasteiger partial charge in [-0.2, -0.15) is 5.26 Å². The fourth-order valence-electron chi connectivity index (χ4n) is 1.72. The lowest BCUT2D eigenvalue weighted by Crippen LogP contribution is -2.28. The number of anilines is 1. The van der Waals surface area contributed by atoms with Gasteiger partial charge in [0.15, 0.2) is 5.69 Å². The fraction of sp³-hybridized carbons (Fsp3) is 0.0714. The van der Waals surface area contributed by atoms with Gasteiger partial charge in [-0.25, -0.2) is 9.37 Å². The highest BCUT2D eigenvalue weighted by molar-refractivity contribution is 6.31. The maximum Gasteiger partial charge on any atom is 0.244 e. The summed E-state index contributed by atoms with van der Waals surface area (Å²) < 4.78 is 12.9. The highest BCUT2D eigenvalue weighted by atomic mass is 35.5. The van der Waals surface area contributed by atoms with Crippen molar-refractivity contribution < 1.29 is 9.18 Å². The monoisotopic (exact) mass is 304 g/mol. The second-order valence-corrected chi connectivity index (χ2v) is 4.58. The van der Waals surface area contributed by atoms with Crippen LogP contribution in [0.25, 0.3) is 0 Å². The zero-order valence-electron chi connectivity index (χ0n) is 10.7. The fourth-order valence-corrected chi connectivity index (χ4v) is 1.87. The molecule has 2 rings (SSSR count). The molecule has 5 nitrogen and oxygen atoms in total. The largest absolute Gasteiger partial charge is 0.368 e. The van der Waals surface area contributed by atoms with Gasteiger partial charge in [0.1, 0.15) is 23.7 Å². The summed E-state index contributed by atoms with van der Waals surface area (Å²) in [7, 11) is 0. The molecular formula is C14H10ClFN4O. The third-order valence-corrected chi connectivity index (χ3v) is 3.04. The highest BCUT2D eigenvalue weighted by Gasteiger charge is 2.18. The lowest BCUT2D eigenvalue weighted by molar-refractivity contribution is -0.118. The van der Waals surface area contributed by atoms with Gasteiger partial charge in [0.2, 0.25) is 5.91 Å². The van der Waals surface area contributed by atoms with Gasteiger partial charge in [0.25, 0.3) is 0 Å². The second kappa shape index (κ2) is 6.20. The van der Waals surface area contributed by atoms with Gasteiger partial charge in [-0.3, -0.25) is 4.79 Å². The number of nitrogens with one attached hydrogen (secondary N) is 1. The van der Waals surface area contributed by atoms with E-state index in [4.69, 9.17) is 22.6 Å². The zero-order valence-corrected chi connectivity index (χ0v) is 11.4. The summed E-state index contributed by atoms with van der Waals surface area (Å²) >= 11 is 5.78. The summed E-state index contributed by atoms with van der Waals surface area (Å²) in [5.41, 5.74) is 5.86. The lowest BCUT2D eigenvalue weighted by atomic mass is 10.1. The molecule has 0 saturated carbocycles. The SMILES string of the molecule is N#Cc1nc(NC(C(N)=O)c2ccc(F)cc2)ccc1Cl. The molecule has 106 valence electrons. The topological polar surface area (TPSA) is 91.8 Å². The van der Waals surface area contributed by atoms with Gasteiger partial charge in [0, 0.05) is 0 Å². The molecule has 1 unspecified atom stereocenters. The number of nitrogens with two attached hydrogens (primary N) is 1. The summed E-state index contributed by atoms with van der Waals surface area (Å²) in [5.74, 6) is -0.806. The average molecular weight is 305 g/mol. The number of carbonyl (C=O) groups excluding carboxylic acids is 1. The van der Waals surface area contributed by atoms with E-state index in [0.29, 0.717) is 5.56 Å². The molecule has 0 aliphatic carbocycles. The molecular weight excluding hydrogens is 295 g/mol. The Kier molecular flexibility index (Phi) is 4.36. The van der Waals surface area contributed by atoms with Crippen molar-refractivity contribution in [3.05, 3.63) is 58.5 Å². The molecule has 0 spiro atoms. The molecule has 1 aromatic carbocycles. The zero-order chi connectivity index (χ0) is 15.4. The Hall–Kier alpha value is -2.65. The minimum atomic E-state index is -0.897. The van der Waals surface area contributed by atoms with Crippen molar-refractivity contribution in [1.29, 1.82) is 5.26 Å². The van der Waals surface area contributed by atoms with Crippen LogP contribution < -0.4 is 11.1 Å². The van der Waals surface area contributed by atoms with Crippen LogP contribution in [0.3, 0.4) is 0 Å². The number of aromatic nitrogens is 1. The van der Waals surface area contributed by atoms with Crippen LogP contribution in [-0.4, -0.2) is 10.9 Å². The molecule has 0 aliphatic heterocycles. The van der Waals surface area contributed by atoms with Crippen LogP contribution in [0.2, 0.25) is 5.02 Å². The second-order valence-electron chi connectivity index (χ2n) is 4.17. The molecule has 3 N–H and O–H groups in total. The minimum Gasteiger partial charge on any atom is -0.368 e. The van der Waals surface area contributed by atoms with E-state index >= 15 is 0 Å². The molecule has 1 atom stereocenters. The minimum absolute atomic E-state index is 0.0315. The molecule has 21 heavy (non-hydrogen) atoms. The number of hydrogen-bond donors (Lipinski definition) is 2. The van der Waals surface area contributed by atoms with E-state index in [1.165, 1.54) is 36.4 Å². The van der Waals surface area contributed by atoms with E-state index in [1.54, 1.807) is 0 Å². The molecule has 1 heterocycles. The van der Waals surface area contributed by atoms with Crippen LogP contribution in [0.15, 0.2) is 36.4 Å². The van der Waals surface area contributed by atoms with Gasteiger partial charge in [-0.05, 0) is 29.8 Å². The van der Waals surface area contributed by atoms with E-state index in [2.05, 4.69) is 10.3 Å². The van der Waals surface area contributed by atoms with Gasteiger partial charge in [-0.1, -0.05) is 23.7 Å². The predicted octanol–water partition coefficient (Wildman–Crippen LogP) is 2.38. The van der Waals surface area contributed by atoms with Crippen LogP contribution in [0, 0.1) is 17.1 Å². The number of nitrogens with zero attached hydrogens (tertiary/aromatic N) is 2. The smallest absolute Gasteiger partial charge is 0.244 e. The number of halogens is 2. The summed E-state index contributed by atoms with van der Waals surface area (Å²) in [6.07, 6.45) is 0. The van der Waals surface area contributed by atoms with Crippen molar-refractivity contribution in [1.82, 2.24) is 4.98 Å². The maximum atomic E-state index is 12.9. The van der Waals surface area contributed by atoms with Crippen molar-refractivity contribution in [2.24, 2.45) is 5.73 Å². The number of nitriles is 1. The van der Waals surface area contributed by atoms with Gasteiger partial charge in [0.05, 0.1) is 5.02 Å². The molecule has 0 bridgehead atoms. The Balaban J connectivity index is 2.31. The molecule has 1 amide bonds. The normalized spacial score (nSPS) is 11.5. The molecule has 0 aliphatic rings. The van der Waals surface area contributed by atoms with Gasteiger partial charge >= 0.3 is 0 Å². The molecule has 0 fully saturated rings. The maximum absolute atomic E-state index is 12.9. The first kappa shape index (κ1) is 14.8. The molecule has 1 aromatic heterocycles. The first-order chi connectivity index (χ1) is 10.0. The van der Waals surface area contributed by atoms with E-state index in [1.807, 2.05) is 6.07 Å². The number of rotatable bonds is 4. The Bertz CT molecular complexity index is 712. The Morgan fingerprint density at radius 2 is 2.00 bits per heavy atom. The van der Waals surface area contributed by atoms with E-state index < -0.39 is 17.8 Å². The van der Waals surface area contributed by atoms with Gasteiger partial charge < -0.3 is 11.1 Å². The summed E-state index contributed by atoms with van der Waals surface area (Å²) in [6.45, 7) is 0. The Morgan fingerprint density at radius 1 is 1.33 bits per heavy atom. The summed E-state index contributed by atoms with van der Waals surface area (Å²) in [4.78, 5) is 15.5. The van der Waals surface area contributed by atoms with Crippen LogP contribution in [0.1, 0.15) is 17.3 Å². The third-order valence-electron chi connectivity index (χ3n) is 2.73. The summed E-state index contributed by atoms with van der Waals surface area (Å²) in [5, 5.41) is 11.9. The number of pyridine rings is 1. The van der Waals surface area contributed by atoms with Gasteiger partial charge in [-0.15, -0.1) is 0 Å². The quantitative estimate of drug-likeness (QED) is 0.907. The lowest BCUT2D eigenvalue weighted by Gasteiger charge is -2.16. The van der Waals surface area contributed by atoms with Crippen molar-refractivity contribution >= 4 is 23.3 Å². The van der Waals surface area contributed by atoms with Crippen LogP contribution >= 0.6 is 11.6 Å². The van der Waals surface area contributed by atoms with Crippen molar-refractivity contribution in [2.45, 2.75) is 6.04 Å². The first-order valence-corrected chi connectivity index (χ1v) is 6.27. The highest BCUT2D eigenvalue weighted by Crippen LogP contribution is 2.21. The van der Waals surface area contributed by atoms with Crippen molar-refractivity contribution in [2.75, 3.05) is 5.32 Å². The predicted molar refractivity (Wildman–Crippen MR) is 75.9 cm³/mol. The number of amides is 1. The van der Waals surface area contributed by atoms with E-state index in [-0.39, 0.29) is 16.5 Å². The molecule has 0 radical (unpaired) electrons. The van der Waals surface area contributed by atoms with Crippen LogP contribution in [-0.2, 0) is 4.79 Å². The molecule has 7 heteroatoms. The number of carbonyl (C=O) groups is 1. The van der Waals surface area contributed by atoms with Crippen LogP contribution in [0.4, 0.5) is 10.2 Å². The van der Waals surface area contributed by atoms with Crippen LogP contribution in [0.5, 0.6) is 0 Å². The van der Waals surface area contributed by atoms with Crippen molar-refractivity contribution in [3.63, 3.8) is 0 Å². The van der Waals surface area contributed by atoms with Crippen molar-refractivity contribution in [3.8, 4) is 6.07 Å². The molecule has 2 aromatic rings. The summed E-state index contributed by atoms with van der Waals surface area (Å²) in [6, 6.07) is 9.28. The number of benzene rings is 1. The molecule has 0 saturated heterocycles. The van der Waals surface area contributed by atoms with E-state index in [9.17, 15) is 9.18 Å².